The molecular formula is C17H13ClN2O4. The Labute approximate surface area is 142 Å². The minimum Gasteiger partial charge on any atom is -0.506 e. The average molecular weight is 345 g/mol. The summed E-state index contributed by atoms with van der Waals surface area (Å²) in [5, 5.41) is 12.6. The molecule has 0 aromatic heterocycles. The first-order valence-electron chi connectivity index (χ1n) is 7.16. The van der Waals surface area contributed by atoms with E-state index in [9.17, 15) is 19.5 Å². The Morgan fingerprint density at radius 1 is 1.12 bits per heavy atom. The van der Waals surface area contributed by atoms with E-state index in [0.29, 0.717) is 5.02 Å². The number of nitrogens with zero attached hydrogens (tertiary/aromatic N) is 1. The van der Waals surface area contributed by atoms with E-state index in [1.807, 2.05) is 0 Å². The van der Waals surface area contributed by atoms with Crippen LogP contribution >= 0.6 is 11.6 Å². The van der Waals surface area contributed by atoms with Crippen molar-refractivity contribution in [1.29, 1.82) is 0 Å². The number of phenols is 1. The number of rotatable bonds is 3. The van der Waals surface area contributed by atoms with Gasteiger partial charge in [-0.25, -0.2) is 0 Å². The average Bonchev–Trinajstić information content (AvgIpc) is 2.82. The molecule has 1 aliphatic heterocycles. The first kappa shape index (κ1) is 16.0. The van der Waals surface area contributed by atoms with Gasteiger partial charge in [-0.3, -0.25) is 19.3 Å². The molecule has 0 radical (unpaired) electrons. The summed E-state index contributed by atoms with van der Waals surface area (Å²) in [5.74, 6) is -1.81. The van der Waals surface area contributed by atoms with Gasteiger partial charge in [0.25, 0.3) is 11.8 Å². The third kappa shape index (κ3) is 2.61. The van der Waals surface area contributed by atoms with E-state index >= 15 is 0 Å². The fourth-order valence-electron chi connectivity index (χ4n) is 2.52. The number of nitrogens with one attached hydrogen (secondary N) is 1. The Balaban J connectivity index is 1.83. The van der Waals surface area contributed by atoms with E-state index in [1.54, 1.807) is 24.3 Å². The summed E-state index contributed by atoms with van der Waals surface area (Å²) in [6.45, 7) is 1.44. The molecule has 0 spiro atoms. The predicted molar refractivity (Wildman–Crippen MR) is 88.2 cm³/mol. The second kappa shape index (κ2) is 5.98. The van der Waals surface area contributed by atoms with Crippen molar-refractivity contribution >= 4 is 35.0 Å². The first-order chi connectivity index (χ1) is 11.4. The van der Waals surface area contributed by atoms with Crippen molar-refractivity contribution in [2.75, 3.05) is 5.32 Å². The summed E-state index contributed by atoms with van der Waals surface area (Å²) in [4.78, 5) is 38.1. The third-order valence-corrected chi connectivity index (χ3v) is 4.04. The minimum atomic E-state index is -1.05. The maximum Gasteiger partial charge on any atom is 0.262 e. The van der Waals surface area contributed by atoms with Gasteiger partial charge in [0.1, 0.15) is 11.8 Å². The number of benzene rings is 2. The number of carbonyl (C=O) groups is 3. The number of fused-ring (bicyclic) bond motifs is 1. The molecule has 1 heterocycles. The van der Waals surface area contributed by atoms with Gasteiger partial charge in [-0.05, 0) is 37.3 Å². The zero-order chi connectivity index (χ0) is 17.4. The fourth-order valence-corrected chi connectivity index (χ4v) is 2.69. The maximum atomic E-state index is 12.4. The molecule has 122 valence electrons. The number of carbonyl (C=O) groups excluding carboxylic acids is 3. The molecule has 0 aliphatic carbocycles. The minimum absolute atomic E-state index is 0.107. The highest BCUT2D eigenvalue weighted by molar-refractivity contribution is 6.31. The lowest BCUT2D eigenvalue weighted by Gasteiger charge is -2.22. The number of halogens is 1. The largest absolute Gasteiger partial charge is 0.506 e. The lowest BCUT2D eigenvalue weighted by molar-refractivity contribution is -0.119. The molecule has 1 aliphatic rings. The number of amides is 3. The van der Waals surface area contributed by atoms with Gasteiger partial charge in [0.2, 0.25) is 5.91 Å². The molecule has 0 fully saturated rings. The Hall–Kier alpha value is -2.86. The van der Waals surface area contributed by atoms with E-state index in [2.05, 4.69) is 5.32 Å². The number of anilines is 1. The van der Waals surface area contributed by atoms with Crippen LogP contribution in [0.5, 0.6) is 5.75 Å². The number of imide groups is 1. The van der Waals surface area contributed by atoms with E-state index in [-0.39, 0.29) is 22.6 Å². The summed E-state index contributed by atoms with van der Waals surface area (Å²) in [5.41, 5.74) is 0.650. The Bertz CT molecular complexity index is 830. The van der Waals surface area contributed by atoms with E-state index < -0.39 is 23.8 Å². The van der Waals surface area contributed by atoms with Crippen LogP contribution in [0.15, 0.2) is 42.5 Å². The molecule has 7 heteroatoms. The lowest BCUT2D eigenvalue weighted by atomic mass is 10.1. The molecule has 0 saturated carbocycles. The Morgan fingerprint density at radius 2 is 1.71 bits per heavy atom. The molecule has 1 atom stereocenters. The molecular weight excluding hydrogens is 332 g/mol. The van der Waals surface area contributed by atoms with Gasteiger partial charge < -0.3 is 10.4 Å². The monoisotopic (exact) mass is 344 g/mol. The van der Waals surface area contributed by atoms with Crippen molar-refractivity contribution < 1.29 is 19.5 Å². The van der Waals surface area contributed by atoms with Crippen molar-refractivity contribution in [1.82, 2.24) is 4.90 Å². The topological polar surface area (TPSA) is 86.7 Å². The summed E-state index contributed by atoms with van der Waals surface area (Å²) in [7, 11) is 0. The van der Waals surface area contributed by atoms with Crippen molar-refractivity contribution in [3.63, 3.8) is 0 Å². The van der Waals surface area contributed by atoms with Gasteiger partial charge in [-0.15, -0.1) is 0 Å². The van der Waals surface area contributed by atoms with Crippen LogP contribution in [0, 0.1) is 0 Å². The number of aromatic hydroxyl groups is 1. The van der Waals surface area contributed by atoms with Crippen LogP contribution in [-0.2, 0) is 4.79 Å². The van der Waals surface area contributed by atoms with Gasteiger partial charge in [0.15, 0.2) is 0 Å². The number of hydrogen-bond donors (Lipinski definition) is 2. The third-order valence-electron chi connectivity index (χ3n) is 3.81. The SMILES string of the molecule is C[C@@H](C(=O)Nc1cc(Cl)ccc1O)N1C(=O)c2ccccc2C1=O. The molecule has 2 aromatic rings. The normalized spacial score (nSPS) is 14.5. The molecule has 0 bridgehead atoms. The second-order valence-corrected chi connectivity index (χ2v) is 5.79. The van der Waals surface area contributed by atoms with E-state index in [0.717, 1.165) is 4.90 Å². The standard InChI is InChI=1S/C17H13ClN2O4/c1-9(15(22)19-13-8-10(18)6-7-14(13)21)20-16(23)11-4-2-3-5-12(11)17(20)24/h2-9,21H,1H3,(H,19,22)/t9-/m0/s1. The van der Waals surface area contributed by atoms with Crippen molar-refractivity contribution in [2.45, 2.75) is 13.0 Å². The zero-order valence-electron chi connectivity index (χ0n) is 12.6. The van der Waals surface area contributed by atoms with Crippen LogP contribution in [-0.4, -0.2) is 33.8 Å². The van der Waals surface area contributed by atoms with Crippen LogP contribution in [0.4, 0.5) is 5.69 Å². The summed E-state index contributed by atoms with van der Waals surface area (Å²) < 4.78 is 0. The first-order valence-corrected chi connectivity index (χ1v) is 7.54. The molecule has 2 aromatic carbocycles. The highest BCUT2D eigenvalue weighted by atomic mass is 35.5. The molecule has 3 rings (SSSR count). The smallest absolute Gasteiger partial charge is 0.262 e. The Kier molecular flexibility index (Phi) is 3.99. The maximum absolute atomic E-state index is 12.4. The van der Waals surface area contributed by atoms with Crippen molar-refractivity contribution in [2.24, 2.45) is 0 Å². The van der Waals surface area contributed by atoms with Crippen LogP contribution in [0.2, 0.25) is 5.02 Å². The summed E-state index contributed by atoms with van der Waals surface area (Å²) >= 11 is 5.83. The van der Waals surface area contributed by atoms with Gasteiger partial charge in [0, 0.05) is 5.02 Å². The summed E-state index contributed by atoms with van der Waals surface area (Å²) in [6, 6.07) is 9.54. The number of phenolic OH excluding ortho intramolecular Hbond substituents is 1. The highest BCUT2D eigenvalue weighted by Gasteiger charge is 2.40. The molecule has 0 unspecified atom stereocenters. The zero-order valence-corrected chi connectivity index (χ0v) is 13.4. The van der Waals surface area contributed by atoms with Gasteiger partial charge in [-0.2, -0.15) is 0 Å². The van der Waals surface area contributed by atoms with E-state index in [1.165, 1.54) is 25.1 Å². The Morgan fingerprint density at radius 3 is 2.29 bits per heavy atom. The van der Waals surface area contributed by atoms with Crippen molar-refractivity contribution in [3.8, 4) is 5.75 Å². The second-order valence-electron chi connectivity index (χ2n) is 5.35. The lowest BCUT2D eigenvalue weighted by Crippen LogP contribution is -2.45. The number of hydrogen-bond acceptors (Lipinski definition) is 4. The van der Waals surface area contributed by atoms with Gasteiger partial charge >= 0.3 is 0 Å². The van der Waals surface area contributed by atoms with Crippen LogP contribution < -0.4 is 5.32 Å². The molecule has 24 heavy (non-hydrogen) atoms. The van der Waals surface area contributed by atoms with E-state index in [4.69, 9.17) is 11.6 Å². The van der Waals surface area contributed by atoms with Crippen LogP contribution in [0.3, 0.4) is 0 Å². The molecule has 0 saturated heterocycles. The highest BCUT2D eigenvalue weighted by Crippen LogP contribution is 2.28. The molecule has 6 nitrogen and oxygen atoms in total. The van der Waals surface area contributed by atoms with Crippen molar-refractivity contribution in [3.05, 3.63) is 58.6 Å². The predicted octanol–water partition coefficient (Wildman–Crippen LogP) is 2.67. The summed E-state index contributed by atoms with van der Waals surface area (Å²) in [6.07, 6.45) is 0. The fraction of sp³-hybridized carbons (Fsp3) is 0.118. The quantitative estimate of drug-likeness (QED) is 0.662. The van der Waals surface area contributed by atoms with Crippen LogP contribution in [0.1, 0.15) is 27.6 Å². The van der Waals surface area contributed by atoms with Gasteiger partial charge in [-0.1, -0.05) is 23.7 Å². The van der Waals surface area contributed by atoms with Gasteiger partial charge in [0.05, 0.1) is 16.8 Å². The molecule has 3 amide bonds. The molecule has 2 N–H and O–H groups in total. The van der Waals surface area contributed by atoms with Crippen LogP contribution in [0.25, 0.3) is 0 Å².